The number of amides is 1. The van der Waals surface area contributed by atoms with Gasteiger partial charge in [-0.3, -0.25) is 13.9 Å². The van der Waals surface area contributed by atoms with Crippen molar-refractivity contribution in [3.8, 4) is 0 Å². The fourth-order valence-corrected chi connectivity index (χ4v) is 6.74. The highest BCUT2D eigenvalue weighted by atomic mass is 32.2. The van der Waals surface area contributed by atoms with Crippen molar-refractivity contribution in [2.45, 2.75) is 74.0 Å². The standard InChI is InChI=1S/C26H26F6N2O6S/c1-15-3-8-19(9-4-15)41(38,39)34-18(12-21(35)33-23(2)13-22(36)40-14-23)7-5-16-11-17(6-10-20(16)34)24(37,25(27,28)29)26(30,31)32/h3-4,6,8-11,18,37H,5,7,12-14H2,1-2H3,(H,33,35)/t18-,23?/m0/s1. The van der Waals surface area contributed by atoms with E-state index in [9.17, 15) is 49.5 Å². The molecule has 0 aromatic heterocycles. The monoisotopic (exact) mass is 608 g/mol. The Hall–Kier alpha value is -3.33. The van der Waals surface area contributed by atoms with Crippen molar-refractivity contribution >= 4 is 27.6 Å². The fraction of sp³-hybridized carbons (Fsp3) is 0.462. The van der Waals surface area contributed by atoms with Crippen molar-refractivity contribution in [2.24, 2.45) is 0 Å². The van der Waals surface area contributed by atoms with Crippen LogP contribution >= 0.6 is 0 Å². The van der Waals surface area contributed by atoms with Gasteiger partial charge in [0.1, 0.15) is 6.61 Å². The van der Waals surface area contributed by atoms with Crippen LogP contribution in [0.15, 0.2) is 47.4 Å². The summed E-state index contributed by atoms with van der Waals surface area (Å²) >= 11 is 0. The minimum absolute atomic E-state index is 0.0967. The molecule has 8 nitrogen and oxygen atoms in total. The maximum Gasteiger partial charge on any atom is 0.430 e. The number of nitrogens with zero attached hydrogens (tertiary/aromatic N) is 1. The first kappa shape index (κ1) is 30.6. The van der Waals surface area contributed by atoms with Gasteiger partial charge in [-0.1, -0.05) is 29.8 Å². The minimum atomic E-state index is -6.12. The fourth-order valence-electron chi connectivity index (χ4n) is 5.03. The number of cyclic esters (lactones) is 1. The number of aryl methyl sites for hydroxylation is 2. The molecule has 2 aliphatic heterocycles. The normalized spacial score (nSPS) is 21.8. The summed E-state index contributed by atoms with van der Waals surface area (Å²) < 4.78 is 114. The van der Waals surface area contributed by atoms with E-state index in [4.69, 9.17) is 4.74 Å². The summed E-state index contributed by atoms with van der Waals surface area (Å²) in [4.78, 5) is 24.3. The van der Waals surface area contributed by atoms with Crippen molar-refractivity contribution in [1.82, 2.24) is 5.32 Å². The number of ether oxygens (including phenoxy) is 1. The molecule has 0 bridgehead atoms. The van der Waals surface area contributed by atoms with Crippen LogP contribution in [0.4, 0.5) is 32.0 Å². The van der Waals surface area contributed by atoms with Crippen LogP contribution < -0.4 is 9.62 Å². The Morgan fingerprint density at radius 2 is 1.71 bits per heavy atom. The Bertz CT molecular complexity index is 1440. The third kappa shape index (κ3) is 5.61. The van der Waals surface area contributed by atoms with Gasteiger partial charge in [0.25, 0.3) is 15.6 Å². The Morgan fingerprint density at radius 3 is 2.24 bits per heavy atom. The number of alkyl halides is 6. The number of fused-ring (bicyclic) bond motifs is 1. The Kier molecular flexibility index (Phi) is 7.61. The SMILES string of the molecule is Cc1ccc(S(=O)(=O)N2c3ccc(C(O)(C(F)(F)F)C(F)(F)F)cc3CC[C@H]2CC(=O)NC2(C)COC(=O)C2)cc1. The second-order valence-electron chi connectivity index (χ2n) is 10.5. The molecule has 0 aliphatic carbocycles. The second kappa shape index (κ2) is 10.2. The molecule has 2 aromatic rings. The number of benzene rings is 2. The molecule has 0 spiro atoms. The van der Waals surface area contributed by atoms with Gasteiger partial charge in [0, 0.05) is 12.0 Å². The summed E-state index contributed by atoms with van der Waals surface area (Å²) in [5, 5.41) is 12.5. The number of carbonyl (C=O) groups is 2. The first-order valence-electron chi connectivity index (χ1n) is 12.4. The van der Waals surface area contributed by atoms with E-state index in [0.29, 0.717) is 12.1 Å². The van der Waals surface area contributed by atoms with Gasteiger partial charge in [0.15, 0.2) is 0 Å². The summed E-state index contributed by atoms with van der Waals surface area (Å²) in [6, 6.07) is 6.16. The summed E-state index contributed by atoms with van der Waals surface area (Å²) in [5.74, 6) is -1.17. The van der Waals surface area contributed by atoms with Gasteiger partial charge < -0.3 is 15.2 Å². The zero-order valence-electron chi connectivity index (χ0n) is 21.8. The molecule has 4 rings (SSSR count). The van der Waals surface area contributed by atoms with Crippen molar-refractivity contribution in [3.63, 3.8) is 0 Å². The summed E-state index contributed by atoms with van der Waals surface area (Å²) in [6.07, 6.45) is -13.1. The van der Waals surface area contributed by atoms with Gasteiger partial charge in [-0.25, -0.2) is 8.42 Å². The van der Waals surface area contributed by atoms with Gasteiger partial charge in [0.2, 0.25) is 5.91 Å². The van der Waals surface area contributed by atoms with Gasteiger partial charge in [-0.05, 0) is 50.5 Å². The van der Waals surface area contributed by atoms with Crippen LogP contribution in [0.3, 0.4) is 0 Å². The number of nitrogens with one attached hydrogen (secondary N) is 1. The van der Waals surface area contributed by atoms with Crippen molar-refractivity contribution in [2.75, 3.05) is 10.9 Å². The van der Waals surface area contributed by atoms with Gasteiger partial charge in [0.05, 0.1) is 28.6 Å². The van der Waals surface area contributed by atoms with E-state index in [0.717, 1.165) is 15.9 Å². The van der Waals surface area contributed by atoms with Gasteiger partial charge >= 0.3 is 18.3 Å². The third-order valence-corrected chi connectivity index (χ3v) is 9.04. The van der Waals surface area contributed by atoms with E-state index in [2.05, 4.69) is 5.32 Å². The zero-order valence-corrected chi connectivity index (χ0v) is 22.6. The lowest BCUT2D eigenvalue weighted by molar-refractivity contribution is -0.376. The van der Waals surface area contributed by atoms with Crippen LogP contribution in [-0.4, -0.2) is 55.9 Å². The molecule has 0 saturated carbocycles. The molecular formula is C26H26F6N2O6S. The molecule has 2 aliphatic rings. The Labute approximate surface area is 231 Å². The average molecular weight is 609 g/mol. The number of rotatable bonds is 6. The smallest absolute Gasteiger partial charge is 0.430 e. The third-order valence-electron chi connectivity index (χ3n) is 7.16. The zero-order chi connectivity index (χ0) is 30.6. The minimum Gasteiger partial charge on any atom is -0.463 e. The van der Waals surface area contributed by atoms with Gasteiger partial charge in [-0.2, -0.15) is 26.3 Å². The topological polar surface area (TPSA) is 113 Å². The van der Waals surface area contributed by atoms with E-state index in [1.807, 2.05) is 0 Å². The van der Waals surface area contributed by atoms with Crippen LogP contribution in [0.25, 0.3) is 0 Å². The number of halogens is 6. The van der Waals surface area contributed by atoms with Crippen LogP contribution in [0.2, 0.25) is 0 Å². The van der Waals surface area contributed by atoms with Gasteiger partial charge in [-0.15, -0.1) is 0 Å². The number of aliphatic hydroxyl groups is 1. The van der Waals surface area contributed by atoms with Crippen LogP contribution in [0, 0.1) is 6.92 Å². The highest BCUT2D eigenvalue weighted by molar-refractivity contribution is 7.92. The van der Waals surface area contributed by atoms with Crippen LogP contribution in [0.5, 0.6) is 0 Å². The summed E-state index contributed by atoms with van der Waals surface area (Å²) in [7, 11) is -4.48. The lowest BCUT2D eigenvalue weighted by Gasteiger charge is -2.39. The molecule has 1 saturated heterocycles. The molecule has 0 radical (unpaired) electrons. The molecule has 224 valence electrons. The van der Waals surface area contributed by atoms with Crippen LogP contribution in [-0.2, 0) is 36.4 Å². The summed E-state index contributed by atoms with van der Waals surface area (Å²) in [6.45, 7) is 3.18. The van der Waals surface area contributed by atoms with E-state index in [1.54, 1.807) is 13.8 Å². The predicted molar refractivity (Wildman–Crippen MR) is 132 cm³/mol. The lowest BCUT2D eigenvalue weighted by Crippen LogP contribution is -2.54. The number of anilines is 1. The van der Waals surface area contributed by atoms with E-state index in [-0.39, 0.29) is 42.0 Å². The van der Waals surface area contributed by atoms with E-state index >= 15 is 0 Å². The molecule has 1 fully saturated rings. The number of sulfonamides is 1. The number of esters is 1. The number of hydrogen-bond donors (Lipinski definition) is 2. The largest absolute Gasteiger partial charge is 0.463 e. The van der Waals surface area contributed by atoms with Crippen molar-refractivity contribution in [3.05, 3.63) is 59.2 Å². The lowest BCUT2D eigenvalue weighted by atomic mass is 9.87. The Morgan fingerprint density at radius 1 is 1.10 bits per heavy atom. The molecular weight excluding hydrogens is 582 g/mol. The van der Waals surface area contributed by atoms with E-state index in [1.165, 1.54) is 24.3 Å². The Balaban J connectivity index is 1.77. The highest BCUT2D eigenvalue weighted by Gasteiger charge is 2.71. The first-order chi connectivity index (χ1) is 18.8. The highest BCUT2D eigenvalue weighted by Crippen LogP contribution is 2.51. The molecule has 15 heteroatoms. The van der Waals surface area contributed by atoms with Crippen molar-refractivity contribution < 1.29 is 54.2 Å². The average Bonchev–Trinajstić information content (AvgIpc) is 3.19. The molecule has 1 unspecified atom stereocenters. The quantitative estimate of drug-likeness (QED) is 0.379. The number of carbonyl (C=O) groups excluding carboxylic acids is 2. The first-order valence-corrected chi connectivity index (χ1v) is 13.8. The number of hydrogen-bond acceptors (Lipinski definition) is 6. The molecule has 2 aromatic carbocycles. The van der Waals surface area contributed by atoms with Crippen molar-refractivity contribution in [1.29, 1.82) is 0 Å². The maximum absolute atomic E-state index is 13.8. The molecule has 41 heavy (non-hydrogen) atoms. The molecule has 2 atom stereocenters. The second-order valence-corrected chi connectivity index (χ2v) is 12.3. The maximum atomic E-state index is 13.8. The molecule has 2 N–H and O–H groups in total. The molecule has 2 heterocycles. The summed E-state index contributed by atoms with van der Waals surface area (Å²) in [5.41, 5.74) is -7.43. The van der Waals surface area contributed by atoms with E-state index < -0.39 is 63.4 Å². The molecule has 1 amide bonds. The van der Waals surface area contributed by atoms with Crippen LogP contribution in [0.1, 0.15) is 42.9 Å². The predicted octanol–water partition coefficient (Wildman–Crippen LogP) is 4.03.